The molecule has 3 unspecified atom stereocenters. The Bertz CT molecular complexity index is 221. The summed E-state index contributed by atoms with van der Waals surface area (Å²) < 4.78 is 5.08. The lowest BCUT2D eigenvalue weighted by molar-refractivity contribution is -0.143. The minimum atomic E-state index is -0.484. The third-order valence-corrected chi connectivity index (χ3v) is 4.28. The van der Waals surface area contributed by atoms with E-state index >= 15 is 0 Å². The molecule has 88 valence electrons. The molecule has 1 aliphatic heterocycles. The molecule has 1 amide bonds. The van der Waals surface area contributed by atoms with Gasteiger partial charge in [-0.05, 0) is 6.92 Å². The lowest BCUT2D eigenvalue weighted by Gasteiger charge is -2.38. The number of carbonyl (C=O) groups is 1. The van der Waals surface area contributed by atoms with E-state index in [1.54, 1.807) is 0 Å². The number of ether oxygens (including phenoxy) is 1. The Hall–Kier alpha value is -0.260. The van der Waals surface area contributed by atoms with E-state index in [0.717, 1.165) is 12.3 Å². The van der Waals surface area contributed by atoms with Gasteiger partial charge in [0.2, 0.25) is 0 Å². The molecule has 1 aliphatic rings. The van der Waals surface area contributed by atoms with Crippen molar-refractivity contribution in [3.05, 3.63) is 0 Å². The monoisotopic (exact) mass is 232 g/mol. The maximum atomic E-state index is 12.0. The zero-order chi connectivity index (χ0) is 11.4. The highest BCUT2D eigenvalue weighted by Gasteiger charge is 2.32. The van der Waals surface area contributed by atoms with Gasteiger partial charge in [-0.3, -0.25) is 4.79 Å². The van der Waals surface area contributed by atoms with Gasteiger partial charge in [-0.15, -0.1) is 0 Å². The van der Waals surface area contributed by atoms with Crippen LogP contribution in [0, 0.1) is 0 Å². The SMILES string of the molecule is COC(CN)C(=O)N1CCSC(C)C1C. The summed E-state index contributed by atoms with van der Waals surface area (Å²) >= 11 is 1.91. The maximum Gasteiger partial charge on any atom is 0.253 e. The lowest BCUT2D eigenvalue weighted by Crippen LogP contribution is -2.53. The summed E-state index contributed by atoms with van der Waals surface area (Å²) in [7, 11) is 1.53. The fourth-order valence-electron chi connectivity index (χ4n) is 1.73. The Morgan fingerprint density at radius 3 is 2.87 bits per heavy atom. The molecule has 5 heteroatoms. The number of carbonyl (C=O) groups excluding carboxylic acids is 1. The van der Waals surface area contributed by atoms with Crippen LogP contribution in [0.25, 0.3) is 0 Å². The molecule has 1 rings (SSSR count). The number of thioether (sulfide) groups is 1. The van der Waals surface area contributed by atoms with Gasteiger partial charge in [0.25, 0.3) is 5.91 Å². The molecule has 0 aromatic rings. The minimum absolute atomic E-state index is 0.0275. The van der Waals surface area contributed by atoms with Crippen molar-refractivity contribution in [1.29, 1.82) is 0 Å². The fourth-order valence-corrected chi connectivity index (χ4v) is 2.83. The Balaban J connectivity index is 2.65. The first-order valence-corrected chi connectivity index (χ1v) is 6.31. The van der Waals surface area contributed by atoms with Gasteiger partial charge in [0, 0.05) is 37.2 Å². The third kappa shape index (κ3) is 2.86. The molecule has 15 heavy (non-hydrogen) atoms. The number of amides is 1. The van der Waals surface area contributed by atoms with Crippen molar-refractivity contribution in [1.82, 2.24) is 4.90 Å². The number of nitrogens with two attached hydrogens (primary N) is 1. The first-order chi connectivity index (χ1) is 7.11. The van der Waals surface area contributed by atoms with E-state index in [1.165, 1.54) is 7.11 Å². The van der Waals surface area contributed by atoms with Gasteiger partial charge >= 0.3 is 0 Å². The van der Waals surface area contributed by atoms with E-state index in [-0.39, 0.29) is 18.5 Å². The second kappa shape index (κ2) is 5.72. The highest BCUT2D eigenvalue weighted by Crippen LogP contribution is 2.24. The molecule has 0 radical (unpaired) electrons. The zero-order valence-corrected chi connectivity index (χ0v) is 10.4. The van der Waals surface area contributed by atoms with Crippen LogP contribution in [0.1, 0.15) is 13.8 Å². The van der Waals surface area contributed by atoms with Crippen LogP contribution in [0.4, 0.5) is 0 Å². The summed E-state index contributed by atoms with van der Waals surface area (Å²) in [5.41, 5.74) is 5.49. The topological polar surface area (TPSA) is 55.6 Å². The molecule has 0 aliphatic carbocycles. The van der Waals surface area contributed by atoms with Crippen molar-refractivity contribution < 1.29 is 9.53 Å². The molecule has 0 aromatic carbocycles. The molecule has 1 saturated heterocycles. The van der Waals surface area contributed by atoms with Crippen molar-refractivity contribution in [3.8, 4) is 0 Å². The molecular weight excluding hydrogens is 212 g/mol. The summed E-state index contributed by atoms with van der Waals surface area (Å²) in [5, 5.41) is 0.484. The molecule has 1 heterocycles. The van der Waals surface area contributed by atoms with Crippen LogP contribution in [0.5, 0.6) is 0 Å². The molecule has 3 atom stereocenters. The van der Waals surface area contributed by atoms with Crippen LogP contribution in [0.3, 0.4) is 0 Å². The maximum absolute atomic E-state index is 12.0. The molecular formula is C10H20N2O2S. The second-order valence-corrected chi connectivity index (χ2v) is 5.29. The van der Waals surface area contributed by atoms with E-state index < -0.39 is 6.10 Å². The molecule has 0 aromatic heterocycles. The first kappa shape index (κ1) is 12.8. The third-order valence-electron chi connectivity index (χ3n) is 2.94. The summed E-state index contributed by atoms with van der Waals surface area (Å²) in [5.74, 6) is 1.03. The fraction of sp³-hybridized carbons (Fsp3) is 0.900. The predicted octanol–water partition coefficient (Wildman–Crippen LogP) is 0.313. The smallest absolute Gasteiger partial charge is 0.253 e. The van der Waals surface area contributed by atoms with Gasteiger partial charge in [0.1, 0.15) is 6.10 Å². The van der Waals surface area contributed by atoms with Gasteiger partial charge < -0.3 is 15.4 Å². The van der Waals surface area contributed by atoms with Crippen molar-refractivity contribution in [2.45, 2.75) is 31.2 Å². The summed E-state index contributed by atoms with van der Waals surface area (Å²) in [6.45, 7) is 5.28. The van der Waals surface area contributed by atoms with E-state index in [9.17, 15) is 4.79 Å². The summed E-state index contributed by atoms with van der Waals surface area (Å²) in [6, 6.07) is 0.264. The van der Waals surface area contributed by atoms with E-state index in [1.807, 2.05) is 16.7 Å². The molecule has 2 N–H and O–H groups in total. The van der Waals surface area contributed by atoms with Crippen LogP contribution < -0.4 is 5.73 Å². The Kier molecular flexibility index (Phi) is 4.89. The van der Waals surface area contributed by atoms with Crippen LogP contribution in [-0.4, -0.2) is 54.2 Å². The van der Waals surface area contributed by atoms with E-state index in [4.69, 9.17) is 10.5 Å². The van der Waals surface area contributed by atoms with Crippen LogP contribution in [0.2, 0.25) is 0 Å². The Morgan fingerprint density at radius 2 is 2.33 bits per heavy atom. The number of nitrogens with zero attached hydrogens (tertiary/aromatic N) is 1. The molecule has 0 bridgehead atoms. The van der Waals surface area contributed by atoms with Crippen LogP contribution in [0.15, 0.2) is 0 Å². The molecule has 1 fully saturated rings. The number of rotatable bonds is 3. The Morgan fingerprint density at radius 1 is 1.67 bits per heavy atom. The van der Waals surface area contributed by atoms with Crippen molar-refractivity contribution in [2.75, 3.05) is 26.0 Å². The average Bonchev–Trinajstić information content (AvgIpc) is 2.23. The molecule has 0 saturated carbocycles. The lowest BCUT2D eigenvalue weighted by atomic mass is 10.1. The van der Waals surface area contributed by atoms with Crippen molar-refractivity contribution >= 4 is 17.7 Å². The quantitative estimate of drug-likeness (QED) is 0.761. The van der Waals surface area contributed by atoms with Crippen LogP contribution >= 0.6 is 11.8 Å². The van der Waals surface area contributed by atoms with Gasteiger partial charge in [0.15, 0.2) is 0 Å². The largest absolute Gasteiger partial charge is 0.370 e. The van der Waals surface area contributed by atoms with E-state index in [2.05, 4.69) is 13.8 Å². The van der Waals surface area contributed by atoms with Gasteiger partial charge in [-0.1, -0.05) is 6.92 Å². The average molecular weight is 232 g/mol. The normalized spacial score (nSPS) is 28.9. The minimum Gasteiger partial charge on any atom is -0.370 e. The summed E-state index contributed by atoms with van der Waals surface area (Å²) in [4.78, 5) is 13.9. The summed E-state index contributed by atoms with van der Waals surface area (Å²) in [6.07, 6.45) is -0.484. The van der Waals surface area contributed by atoms with Crippen molar-refractivity contribution in [2.24, 2.45) is 5.73 Å². The Labute approximate surface area is 95.5 Å². The van der Waals surface area contributed by atoms with Gasteiger partial charge in [0.05, 0.1) is 0 Å². The van der Waals surface area contributed by atoms with E-state index in [0.29, 0.717) is 5.25 Å². The van der Waals surface area contributed by atoms with Gasteiger partial charge in [-0.25, -0.2) is 0 Å². The standard InChI is InChI=1S/C10H20N2O2S/c1-7-8(2)15-5-4-12(7)10(13)9(6-11)14-3/h7-9H,4-6,11H2,1-3H3. The first-order valence-electron chi connectivity index (χ1n) is 5.26. The van der Waals surface area contributed by atoms with Crippen LogP contribution in [-0.2, 0) is 9.53 Å². The molecule has 4 nitrogen and oxygen atoms in total. The highest BCUT2D eigenvalue weighted by molar-refractivity contribution is 8.00. The highest BCUT2D eigenvalue weighted by atomic mass is 32.2. The zero-order valence-electron chi connectivity index (χ0n) is 9.60. The number of hydrogen-bond acceptors (Lipinski definition) is 4. The second-order valence-electron chi connectivity index (χ2n) is 3.81. The number of hydrogen-bond donors (Lipinski definition) is 1. The number of methoxy groups -OCH3 is 1. The predicted molar refractivity (Wildman–Crippen MR) is 62.9 cm³/mol. The van der Waals surface area contributed by atoms with Crippen molar-refractivity contribution in [3.63, 3.8) is 0 Å². The molecule has 0 spiro atoms. The van der Waals surface area contributed by atoms with Gasteiger partial charge in [-0.2, -0.15) is 11.8 Å².